The first-order chi connectivity index (χ1) is 14.7. The van der Waals surface area contributed by atoms with Gasteiger partial charge in [-0.2, -0.15) is 4.31 Å². The van der Waals surface area contributed by atoms with Crippen LogP contribution in [0.4, 0.5) is 5.69 Å². The zero-order valence-corrected chi connectivity index (χ0v) is 20.5. The first kappa shape index (κ1) is 22.6. The first-order valence-corrected chi connectivity index (χ1v) is 12.8. The van der Waals surface area contributed by atoms with Crippen LogP contribution in [-0.4, -0.2) is 44.9 Å². The van der Waals surface area contributed by atoms with Gasteiger partial charge in [-0.1, -0.05) is 27.5 Å². The number of hydrogen-bond donors (Lipinski definition) is 0. The standard InChI is InChI=1S/C22H24BrClN2O4S/c1-14-10-16-11-17(23)5-7-19(16)26(14)22(27)15-4-3-9-25(13-15)31(28,29)21-12-18(24)6-8-20(21)30-2/h5-8,11-12,14-15H,3-4,9-10,13H2,1-2H3/t14-,15+/m1/s1. The quantitative estimate of drug-likeness (QED) is 0.588. The molecule has 166 valence electrons. The number of hydrogen-bond acceptors (Lipinski definition) is 4. The van der Waals surface area contributed by atoms with E-state index in [-0.39, 0.29) is 29.1 Å². The Bertz CT molecular complexity index is 1120. The summed E-state index contributed by atoms with van der Waals surface area (Å²) < 4.78 is 34.4. The highest BCUT2D eigenvalue weighted by molar-refractivity contribution is 9.10. The zero-order chi connectivity index (χ0) is 22.3. The third-order valence-corrected chi connectivity index (χ3v) is 8.59. The Balaban J connectivity index is 1.60. The van der Waals surface area contributed by atoms with Crippen LogP contribution in [0, 0.1) is 5.92 Å². The molecule has 0 spiro atoms. The molecule has 2 aliphatic rings. The number of benzene rings is 2. The summed E-state index contributed by atoms with van der Waals surface area (Å²) >= 11 is 9.55. The molecular formula is C22H24BrClN2O4S. The Morgan fingerprint density at radius 2 is 2.00 bits per heavy atom. The van der Waals surface area contributed by atoms with Crippen LogP contribution in [0.25, 0.3) is 0 Å². The molecule has 2 heterocycles. The van der Waals surface area contributed by atoms with Crippen molar-refractivity contribution in [1.29, 1.82) is 0 Å². The molecule has 6 nitrogen and oxygen atoms in total. The number of amides is 1. The van der Waals surface area contributed by atoms with Gasteiger partial charge in [-0.05, 0) is 68.1 Å². The second kappa shape index (κ2) is 8.73. The summed E-state index contributed by atoms with van der Waals surface area (Å²) in [7, 11) is -2.42. The third-order valence-electron chi connectivity index (χ3n) is 5.97. The van der Waals surface area contributed by atoms with Gasteiger partial charge in [0.15, 0.2) is 0 Å². The highest BCUT2D eigenvalue weighted by Gasteiger charge is 2.39. The molecular weight excluding hydrogens is 504 g/mol. The van der Waals surface area contributed by atoms with E-state index in [2.05, 4.69) is 15.9 Å². The first-order valence-electron chi connectivity index (χ1n) is 10.2. The number of carbonyl (C=O) groups is 1. The summed E-state index contributed by atoms with van der Waals surface area (Å²) in [4.78, 5) is 15.4. The number of piperidine rings is 1. The Labute approximate surface area is 196 Å². The lowest BCUT2D eigenvalue weighted by Gasteiger charge is -2.34. The van der Waals surface area contributed by atoms with Gasteiger partial charge >= 0.3 is 0 Å². The van der Waals surface area contributed by atoms with Crippen molar-refractivity contribution in [3.8, 4) is 5.75 Å². The molecule has 0 saturated carbocycles. The number of sulfonamides is 1. The van der Waals surface area contributed by atoms with Crippen LogP contribution >= 0.6 is 27.5 Å². The second-order valence-corrected chi connectivity index (χ2v) is 11.3. The van der Waals surface area contributed by atoms with Crippen LogP contribution in [0.15, 0.2) is 45.8 Å². The molecule has 0 bridgehead atoms. The van der Waals surface area contributed by atoms with Crippen molar-refractivity contribution in [1.82, 2.24) is 4.31 Å². The van der Waals surface area contributed by atoms with E-state index >= 15 is 0 Å². The van der Waals surface area contributed by atoms with Crippen molar-refractivity contribution in [2.75, 3.05) is 25.1 Å². The molecule has 0 radical (unpaired) electrons. The van der Waals surface area contributed by atoms with Crippen molar-refractivity contribution >= 4 is 49.1 Å². The Morgan fingerprint density at radius 3 is 2.74 bits per heavy atom. The molecule has 9 heteroatoms. The monoisotopic (exact) mass is 526 g/mol. The van der Waals surface area contributed by atoms with Crippen LogP contribution in [0.5, 0.6) is 5.75 Å². The lowest BCUT2D eigenvalue weighted by Crippen LogP contribution is -2.48. The maximum absolute atomic E-state index is 13.5. The highest BCUT2D eigenvalue weighted by atomic mass is 79.9. The van der Waals surface area contributed by atoms with E-state index in [9.17, 15) is 13.2 Å². The van der Waals surface area contributed by atoms with Gasteiger partial charge in [0.05, 0.1) is 13.0 Å². The number of nitrogens with zero attached hydrogens (tertiary/aromatic N) is 2. The van der Waals surface area contributed by atoms with Gasteiger partial charge in [-0.15, -0.1) is 0 Å². The van der Waals surface area contributed by atoms with Crippen molar-refractivity contribution in [3.63, 3.8) is 0 Å². The minimum absolute atomic E-state index is 0.0217. The fourth-order valence-corrected chi connectivity index (χ4v) is 6.84. The van der Waals surface area contributed by atoms with Gasteiger partial charge in [-0.3, -0.25) is 4.79 Å². The molecule has 2 atom stereocenters. The van der Waals surface area contributed by atoms with Gasteiger partial charge in [0, 0.05) is 34.3 Å². The summed E-state index contributed by atoms with van der Waals surface area (Å²) in [6.07, 6.45) is 2.06. The van der Waals surface area contributed by atoms with Crippen molar-refractivity contribution < 1.29 is 17.9 Å². The number of ether oxygens (including phenoxy) is 1. The predicted octanol–water partition coefficient (Wildman–Crippen LogP) is 4.49. The van der Waals surface area contributed by atoms with E-state index < -0.39 is 15.9 Å². The molecule has 4 rings (SSSR count). The van der Waals surface area contributed by atoms with E-state index in [1.807, 2.05) is 30.0 Å². The molecule has 2 aliphatic heterocycles. The van der Waals surface area contributed by atoms with Gasteiger partial charge in [0.2, 0.25) is 15.9 Å². The summed E-state index contributed by atoms with van der Waals surface area (Å²) in [5, 5.41) is 0.317. The smallest absolute Gasteiger partial charge is 0.246 e. The molecule has 1 saturated heterocycles. The minimum atomic E-state index is -3.85. The summed E-state index contributed by atoms with van der Waals surface area (Å²) in [5.41, 5.74) is 2.04. The topological polar surface area (TPSA) is 66.9 Å². The van der Waals surface area contributed by atoms with E-state index in [1.54, 1.807) is 12.1 Å². The maximum atomic E-state index is 13.5. The molecule has 1 fully saturated rings. The maximum Gasteiger partial charge on any atom is 0.246 e. The SMILES string of the molecule is COc1ccc(Cl)cc1S(=O)(=O)N1CCC[C@H](C(=O)N2c3ccc(Br)cc3C[C@H]2C)C1. The molecule has 0 unspecified atom stereocenters. The van der Waals surface area contributed by atoms with Gasteiger partial charge in [0.25, 0.3) is 0 Å². The Kier molecular flexibility index (Phi) is 6.36. The average molecular weight is 528 g/mol. The fourth-order valence-electron chi connectivity index (χ4n) is 4.49. The van der Waals surface area contributed by atoms with Crippen LogP contribution < -0.4 is 9.64 Å². The van der Waals surface area contributed by atoms with Crippen molar-refractivity contribution in [3.05, 3.63) is 51.5 Å². The highest BCUT2D eigenvalue weighted by Crippen LogP contribution is 2.37. The van der Waals surface area contributed by atoms with Gasteiger partial charge < -0.3 is 9.64 Å². The van der Waals surface area contributed by atoms with Crippen molar-refractivity contribution in [2.24, 2.45) is 5.92 Å². The minimum Gasteiger partial charge on any atom is -0.495 e. The van der Waals surface area contributed by atoms with E-state index in [4.69, 9.17) is 16.3 Å². The normalized spacial score (nSPS) is 21.7. The Morgan fingerprint density at radius 1 is 1.23 bits per heavy atom. The predicted molar refractivity (Wildman–Crippen MR) is 124 cm³/mol. The molecule has 0 N–H and O–H groups in total. The molecule has 2 aromatic carbocycles. The molecule has 31 heavy (non-hydrogen) atoms. The van der Waals surface area contributed by atoms with Gasteiger partial charge in [-0.25, -0.2) is 8.42 Å². The van der Waals surface area contributed by atoms with Crippen LogP contribution in [0.3, 0.4) is 0 Å². The Hall–Kier alpha value is -1.61. The van der Waals surface area contributed by atoms with Crippen LogP contribution in [0.2, 0.25) is 5.02 Å². The van der Waals surface area contributed by atoms with Crippen LogP contribution in [0.1, 0.15) is 25.3 Å². The molecule has 0 aromatic heterocycles. The second-order valence-electron chi connectivity index (χ2n) is 8.03. The van der Waals surface area contributed by atoms with Crippen LogP contribution in [-0.2, 0) is 21.2 Å². The summed E-state index contributed by atoms with van der Waals surface area (Å²) in [5.74, 6) is -0.178. The summed E-state index contributed by atoms with van der Waals surface area (Å²) in [6, 6.07) is 10.5. The van der Waals surface area contributed by atoms with E-state index in [0.717, 1.165) is 22.1 Å². The number of anilines is 1. The number of fused-ring (bicyclic) bond motifs is 1. The third kappa shape index (κ3) is 4.23. The average Bonchev–Trinajstić information content (AvgIpc) is 3.07. The molecule has 1 amide bonds. The lowest BCUT2D eigenvalue weighted by atomic mass is 9.97. The number of rotatable bonds is 4. The number of methoxy groups -OCH3 is 1. The number of halogens is 2. The molecule has 2 aromatic rings. The zero-order valence-electron chi connectivity index (χ0n) is 17.3. The number of carbonyl (C=O) groups excluding carboxylic acids is 1. The summed E-state index contributed by atoms with van der Waals surface area (Å²) in [6.45, 7) is 2.53. The van der Waals surface area contributed by atoms with Crippen molar-refractivity contribution in [2.45, 2.75) is 37.1 Å². The largest absolute Gasteiger partial charge is 0.495 e. The molecule has 0 aliphatic carbocycles. The van der Waals surface area contributed by atoms with E-state index in [1.165, 1.54) is 17.5 Å². The van der Waals surface area contributed by atoms with E-state index in [0.29, 0.717) is 24.4 Å². The van der Waals surface area contributed by atoms with Gasteiger partial charge in [0.1, 0.15) is 10.6 Å². The lowest BCUT2D eigenvalue weighted by molar-refractivity contribution is -0.123. The fraction of sp³-hybridized carbons (Fsp3) is 0.409.